The van der Waals surface area contributed by atoms with Crippen LogP contribution in [0.4, 0.5) is 0 Å². The minimum Gasteiger partial charge on any atom is -0.379 e. The molecular formula is C23H35N5O3. The molecule has 0 aromatic carbocycles. The first-order valence-electron chi connectivity index (χ1n) is 10.9. The van der Waals surface area contributed by atoms with Crippen molar-refractivity contribution in [2.75, 3.05) is 65.6 Å². The number of hydrogen-bond donors (Lipinski definition) is 1. The molecule has 0 aliphatic carbocycles. The molecule has 2 amide bonds. The number of ether oxygens (including phenoxy) is 1. The molecule has 8 nitrogen and oxygen atoms in total. The van der Waals surface area contributed by atoms with Crippen molar-refractivity contribution in [3.63, 3.8) is 0 Å². The molecule has 2 rings (SSSR count). The van der Waals surface area contributed by atoms with Crippen molar-refractivity contribution >= 4 is 17.6 Å². The quantitative estimate of drug-likeness (QED) is 0.528. The number of nitrogens with zero attached hydrogens (tertiary/aromatic N) is 4. The van der Waals surface area contributed by atoms with Crippen LogP contribution in [0.25, 0.3) is 0 Å². The van der Waals surface area contributed by atoms with E-state index in [9.17, 15) is 9.59 Å². The summed E-state index contributed by atoms with van der Waals surface area (Å²) in [4.78, 5) is 35.8. The highest BCUT2D eigenvalue weighted by Crippen LogP contribution is 2.10. The Morgan fingerprint density at radius 1 is 1.29 bits per heavy atom. The number of amides is 2. The van der Waals surface area contributed by atoms with Crippen LogP contribution >= 0.6 is 0 Å². The van der Waals surface area contributed by atoms with Gasteiger partial charge in [-0.3, -0.25) is 19.5 Å². The summed E-state index contributed by atoms with van der Waals surface area (Å²) < 4.78 is 5.41. The van der Waals surface area contributed by atoms with Crippen LogP contribution in [-0.4, -0.2) is 97.9 Å². The highest BCUT2D eigenvalue weighted by molar-refractivity contribution is 6.38. The van der Waals surface area contributed by atoms with E-state index in [0.29, 0.717) is 51.5 Å². The summed E-state index contributed by atoms with van der Waals surface area (Å²) in [5, 5.41) is 2.75. The van der Waals surface area contributed by atoms with Crippen LogP contribution in [0.2, 0.25) is 0 Å². The van der Waals surface area contributed by atoms with Crippen LogP contribution in [0.3, 0.4) is 0 Å². The van der Waals surface area contributed by atoms with Gasteiger partial charge in [0.1, 0.15) is 0 Å². The van der Waals surface area contributed by atoms with E-state index in [1.807, 2.05) is 36.1 Å². The lowest BCUT2D eigenvalue weighted by Crippen LogP contribution is -2.49. The predicted molar refractivity (Wildman–Crippen MR) is 124 cm³/mol. The predicted octanol–water partition coefficient (Wildman–Crippen LogP) is 1.20. The van der Waals surface area contributed by atoms with Gasteiger partial charge in [0.2, 0.25) is 5.91 Å². The van der Waals surface area contributed by atoms with Gasteiger partial charge >= 0.3 is 0 Å². The summed E-state index contributed by atoms with van der Waals surface area (Å²) >= 11 is 0. The van der Waals surface area contributed by atoms with Gasteiger partial charge in [-0.15, -0.1) is 6.58 Å². The molecule has 1 N–H and O–H groups in total. The van der Waals surface area contributed by atoms with Crippen LogP contribution in [0.15, 0.2) is 54.2 Å². The van der Waals surface area contributed by atoms with E-state index in [-0.39, 0.29) is 24.2 Å². The standard InChI is InChI=1S/C23H35N5O3/c1-4-6-12-27(5-2)21(29)19-25-23(30)22-24-11-9-7-8-10-20(3)28(22)14-13-26-15-17-31-18-16-26/h4,7-10H,1,3,5-6,11-19H2,2H3,(H,25,30)/b9-7-,10-8-,24-22?. The number of morpholine rings is 1. The largest absolute Gasteiger partial charge is 0.379 e. The number of rotatable bonds is 10. The molecule has 2 heterocycles. The molecule has 31 heavy (non-hydrogen) atoms. The number of amidine groups is 1. The number of allylic oxidation sites excluding steroid dienone is 3. The average molecular weight is 430 g/mol. The molecule has 2 aliphatic rings. The summed E-state index contributed by atoms with van der Waals surface area (Å²) in [7, 11) is 0. The smallest absolute Gasteiger partial charge is 0.287 e. The lowest BCUT2D eigenvalue weighted by Gasteiger charge is -2.31. The summed E-state index contributed by atoms with van der Waals surface area (Å²) in [5.41, 5.74) is 0.682. The maximum atomic E-state index is 13.0. The fraction of sp³-hybridized carbons (Fsp3) is 0.522. The van der Waals surface area contributed by atoms with Crippen molar-refractivity contribution in [2.45, 2.75) is 13.3 Å². The van der Waals surface area contributed by atoms with E-state index in [4.69, 9.17) is 4.74 Å². The molecule has 0 unspecified atom stereocenters. The zero-order valence-electron chi connectivity index (χ0n) is 18.6. The number of hydrogen-bond acceptors (Lipinski definition) is 6. The van der Waals surface area contributed by atoms with Gasteiger partial charge in [-0.2, -0.15) is 0 Å². The minimum absolute atomic E-state index is 0.0711. The van der Waals surface area contributed by atoms with Gasteiger partial charge in [0, 0.05) is 45.0 Å². The lowest BCUT2D eigenvalue weighted by atomic mass is 10.3. The normalized spacial score (nSPS) is 19.5. The molecule has 8 heteroatoms. The number of aliphatic imine (C=N–C) groups is 1. The maximum absolute atomic E-state index is 13.0. The summed E-state index contributed by atoms with van der Waals surface area (Å²) in [5.74, 6) is -0.226. The minimum atomic E-state index is -0.375. The Balaban J connectivity index is 2.05. The lowest BCUT2D eigenvalue weighted by molar-refractivity contribution is -0.131. The first-order valence-corrected chi connectivity index (χ1v) is 10.9. The molecule has 0 atom stereocenters. The van der Waals surface area contributed by atoms with Crippen molar-refractivity contribution < 1.29 is 14.3 Å². The van der Waals surface area contributed by atoms with Gasteiger partial charge in [0.25, 0.3) is 5.91 Å². The molecule has 0 aromatic rings. The van der Waals surface area contributed by atoms with Gasteiger partial charge in [0.15, 0.2) is 5.84 Å². The molecular weight excluding hydrogens is 394 g/mol. The molecule has 1 fully saturated rings. The van der Waals surface area contributed by atoms with Crippen LogP contribution in [0.5, 0.6) is 0 Å². The third kappa shape index (κ3) is 8.15. The monoisotopic (exact) mass is 429 g/mol. The fourth-order valence-corrected chi connectivity index (χ4v) is 3.32. The Kier molecular flexibility index (Phi) is 10.7. The van der Waals surface area contributed by atoms with Crippen molar-refractivity contribution in [3.05, 3.63) is 49.2 Å². The average Bonchev–Trinajstić information content (AvgIpc) is 2.87. The number of nitrogens with one attached hydrogen (secondary N) is 1. The second kappa shape index (κ2) is 13.6. The van der Waals surface area contributed by atoms with Crippen molar-refractivity contribution in [1.29, 1.82) is 0 Å². The summed E-state index contributed by atoms with van der Waals surface area (Å²) in [6.45, 7) is 15.7. The fourth-order valence-electron chi connectivity index (χ4n) is 3.32. The molecule has 0 aromatic heterocycles. The third-order valence-electron chi connectivity index (χ3n) is 5.17. The van der Waals surface area contributed by atoms with E-state index >= 15 is 0 Å². The molecule has 0 spiro atoms. The zero-order valence-corrected chi connectivity index (χ0v) is 18.6. The van der Waals surface area contributed by atoms with Crippen LogP contribution < -0.4 is 5.32 Å². The highest BCUT2D eigenvalue weighted by Gasteiger charge is 2.23. The number of likely N-dealkylation sites (N-methyl/N-ethyl adjacent to an activating group) is 1. The molecule has 0 radical (unpaired) electrons. The van der Waals surface area contributed by atoms with E-state index in [0.717, 1.165) is 19.6 Å². The molecule has 0 saturated carbocycles. The molecule has 2 aliphatic heterocycles. The van der Waals surface area contributed by atoms with Gasteiger partial charge in [0.05, 0.1) is 26.3 Å². The highest BCUT2D eigenvalue weighted by atomic mass is 16.5. The van der Waals surface area contributed by atoms with E-state index in [2.05, 4.69) is 28.4 Å². The Bertz CT molecular complexity index is 723. The van der Waals surface area contributed by atoms with E-state index in [1.54, 1.807) is 11.0 Å². The molecule has 1 saturated heterocycles. The maximum Gasteiger partial charge on any atom is 0.287 e. The molecule has 170 valence electrons. The van der Waals surface area contributed by atoms with Crippen molar-refractivity contribution in [1.82, 2.24) is 20.0 Å². The second-order valence-corrected chi connectivity index (χ2v) is 7.28. The third-order valence-corrected chi connectivity index (χ3v) is 5.17. The van der Waals surface area contributed by atoms with Gasteiger partial charge in [-0.1, -0.05) is 30.9 Å². The van der Waals surface area contributed by atoms with Crippen molar-refractivity contribution in [2.24, 2.45) is 4.99 Å². The Morgan fingerprint density at radius 2 is 2.06 bits per heavy atom. The Hall–Kier alpha value is -2.71. The Labute approximate surface area is 185 Å². The topological polar surface area (TPSA) is 77.5 Å². The number of carbonyl (C=O) groups excluding carboxylic acids is 2. The first-order chi connectivity index (χ1) is 15.1. The zero-order chi connectivity index (χ0) is 22.5. The van der Waals surface area contributed by atoms with Crippen LogP contribution in [0, 0.1) is 0 Å². The molecule has 0 bridgehead atoms. The Morgan fingerprint density at radius 3 is 2.77 bits per heavy atom. The van der Waals surface area contributed by atoms with Gasteiger partial charge in [-0.05, 0) is 19.4 Å². The van der Waals surface area contributed by atoms with E-state index < -0.39 is 0 Å². The second-order valence-electron chi connectivity index (χ2n) is 7.28. The van der Waals surface area contributed by atoms with Gasteiger partial charge in [-0.25, -0.2) is 0 Å². The summed E-state index contributed by atoms with van der Waals surface area (Å²) in [6.07, 6.45) is 10.0. The number of carbonyl (C=O) groups is 2. The van der Waals surface area contributed by atoms with Gasteiger partial charge < -0.3 is 19.9 Å². The van der Waals surface area contributed by atoms with E-state index in [1.165, 1.54) is 0 Å². The van der Waals surface area contributed by atoms with Crippen LogP contribution in [-0.2, 0) is 14.3 Å². The first kappa shape index (κ1) is 24.6. The van der Waals surface area contributed by atoms with Crippen LogP contribution in [0.1, 0.15) is 13.3 Å². The summed E-state index contributed by atoms with van der Waals surface area (Å²) in [6, 6.07) is 0. The van der Waals surface area contributed by atoms with Crippen molar-refractivity contribution in [3.8, 4) is 0 Å². The SMILES string of the molecule is C=CCCN(CC)C(=O)CNC(=O)C1=NC/C=C\C=C/C(=C)N1CCN1CCOCC1.